The van der Waals surface area contributed by atoms with Crippen LogP contribution in [0.3, 0.4) is 0 Å². The van der Waals surface area contributed by atoms with Crippen molar-refractivity contribution in [3.63, 3.8) is 0 Å². The Morgan fingerprint density at radius 1 is 1.11 bits per heavy atom. The van der Waals surface area contributed by atoms with Gasteiger partial charge in [-0.2, -0.15) is 0 Å². The first-order valence-corrected chi connectivity index (χ1v) is 6.86. The highest BCUT2D eigenvalue weighted by molar-refractivity contribution is 5.23. The minimum absolute atomic E-state index is 0.142. The molecule has 0 saturated carbocycles. The first-order valence-electron chi connectivity index (χ1n) is 6.86. The monoisotopic (exact) mass is 257 g/mol. The smallest absolute Gasteiger partial charge is 0.0934 e. The van der Waals surface area contributed by atoms with Crippen molar-refractivity contribution >= 4 is 0 Å². The summed E-state index contributed by atoms with van der Waals surface area (Å²) in [6, 6.07) is 12.7. The van der Waals surface area contributed by atoms with Crippen LogP contribution < -0.4 is 5.32 Å². The van der Waals surface area contributed by atoms with Crippen LogP contribution in [0.4, 0.5) is 0 Å². The van der Waals surface area contributed by atoms with E-state index in [1.807, 2.05) is 12.3 Å². The second-order valence-electron chi connectivity index (χ2n) is 6.07. The van der Waals surface area contributed by atoms with E-state index >= 15 is 0 Å². The summed E-state index contributed by atoms with van der Waals surface area (Å²) in [5.74, 6) is 0.470. The van der Waals surface area contributed by atoms with Crippen molar-refractivity contribution < 1.29 is 4.42 Å². The van der Waals surface area contributed by atoms with Gasteiger partial charge < -0.3 is 9.73 Å². The Bertz CT molecular complexity index is 468. The van der Waals surface area contributed by atoms with E-state index in [0.29, 0.717) is 5.92 Å². The summed E-state index contributed by atoms with van der Waals surface area (Å²) in [4.78, 5) is 0. The fraction of sp³-hybridized carbons (Fsp3) is 0.412. The topological polar surface area (TPSA) is 25.2 Å². The summed E-state index contributed by atoms with van der Waals surface area (Å²) in [5.41, 5.74) is 2.77. The number of benzene rings is 1. The lowest BCUT2D eigenvalue weighted by Crippen LogP contribution is -2.39. The van der Waals surface area contributed by atoms with E-state index in [4.69, 9.17) is 4.42 Å². The molecule has 0 radical (unpaired) electrons. The average molecular weight is 257 g/mol. The molecule has 0 amide bonds. The van der Waals surface area contributed by atoms with Gasteiger partial charge in [0.15, 0.2) is 0 Å². The van der Waals surface area contributed by atoms with E-state index in [1.165, 1.54) is 11.1 Å². The molecule has 0 saturated heterocycles. The Labute approximate surface area is 115 Å². The number of hydrogen-bond donors (Lipinski definition) is 1. The van der Waals surface area contributed by atoms with Crippen LogP contribution in [0.1, 0.15) is 37.8 Å². The molecule has 0 aliphatic heterocycles. The van der Waals surface area contributed by atoms with Gasteiger partial charge in [0.1, 0.15) is 0 Å². The van der Waals surface area contributed by atoms with E-state index in [-0.39, 0.29) is 5.54 Å². The molecule has 1 aromatic carbocycles. The Kier molecular flexibility index (Phi) is 4.43. The quantitative estimate of drug-likeness (QED) is 0.876. The van der Waals surface area contributed by atoms with Gasteiger partial charge in [0, 0.05) is 18.0 Å². The number of rotatable bonds is 5. The standard InChI is InChI=1S/C17H23NO/c1-17(2,3)18-12-16(11-14-9-10-19-13-14)15-7-5-4-6-8-15/h4-10,13,16,18H,11-12H2,1-3H3. The van der Waals surface area contributed by atoms with Gasteiger partial charge in [-0.05, 0) is 44.4 Å². The molecule has 2 aromatic rings. The van der Waals surface area contributed by atoms with Gasteiger partial charge in [-0.3, -0.25) is 0 Å². The molecule has 2 heteroatoms. The molecule has 0 aliphatic rings. The normalized spacial score (nSPS) is 13.4. The van der Waals surface area contributed by atoms with Gasteiger partial charge in [0.25, 0.3) is 0 Å². The lowest BCUT2D eigenvalue weighted by molar-refractivity contribution is 0.404. The summed E-state index contributed by atoms with van der Waals surface area (Å²) >= 11 is 0. The summed E-state index contributed by atoms with van der Waals surface area (Å²) in [5, 5.41) is 3.60. The summed E-state index contributed by atoms with van der Waals surface area (Å²) in [6.07, 6.45) is 4.59. The van der Waals surface area contributed by atoms with E-state index in [2.05, 4.69) is 56.4 Å². The van der Waals surface area contributed by atoms with Crippen molar-refractivity contribution in [1.82, 2.24) is 5.32 Å². The molecular formula is C17H23NO. The number of furan rings is 1. The minimum Gasteiger partial charge on any atom is -0.472 e. The molecular weight excluding hydrogens is 234 g/mol. The maximum atomic E-state index is 5.18. The molecule has 2 nitrogen and oxygen atoms in total. The minimum atomic E-state index is 0.142. The van der Waals surface area contributed by atoms with Gasteiger partial charge in [0.2, 0.25) is 0 Å². The van der Waals surface area contributed by atoms with Gasteiger partial charge in [-0.15, -0.1) is 0 Å². The van der Waals surface area contributed by atoms with Gasteiger partial charge in [-0.25, -0.2) is 0 Å². The van der Waals surface area contributed by atoms with Crippen molar-refractivity contribution in [3.05, 3.63) is 60.1 Å². The first kappa shape index (κ1) is 13.9. The second kappa shape index (κ2) is 6.07. The molecule has 0 bridgehead atoms. The second-order valence-corrected chi connectivity index (χ2v) is 6.07. The number of hydrogen-bond acceptors (Lipinski definition) is 2. The molecule has 0 spiro atoms. The number of nitrogens with one attached hydrogen (secondary N) is 1. The van der Waals surface area contributed by atoms with Crippen LogP contribution in [0.5, 0.6) is 0 Å². The highest BCUT2D eigenvalue weighted by atomic mass is 16.3. The Morgan fingerprint density at radius 3 is 2.42 bits per heavy atom. The van der Waals surface area contributed by atoms with Crippen LogP contribution >= 0.6 is 0 Å². The average Bonchev–Trinajstić information content (AvgIpc) is 2.87. The van der Waals surface area contributed by atoms with Crippen LogP contribution in [-0.2, 0) is 6.42 Å². The van der Waals surface area contributed by atoms with Crippen molar-refractivity contribution in [2.45, 2.75) is 38.6 Å². The first-order chi connectivity index (χ1) is 9.04. The van der Waals surface area contributed by atoms with Gasteiger partial charge in [0.05, 0.1) is 12.5 Å². The molecule has 0 fully saturated rings. The van der Waals surface area contributed by atoms with Crippen LogP contribution in [0.15, 0.2) is 53.3 Å². The Hall–Kier alpha value is -1.54. The zero-order valence-corrected chi connectivity index (χ0v) is 12.0. The predicted octanol–water partition coefficient (Wildman–Crippen LogP) is 3.99. The SMILES string of the molecule is CC(C)(C)NCC(Cc1ccoc1)c1ccccc1. The van der Waals surface area contributed by atoms with Crippen molar-refractivity contribution in [2.75, 3.05) is 6.54 Å². The maximum absolute atomic E-state index is 5.18. The lowest BCUT2D eigenvalue weighted by atomic mass is 9.92. The van der Waals surface area contributed by atoms with Crippen molar-refractivity contribution in [2.24, 2.45) is 0 Å². The van der Waals surface area contributed by atoms with E-state index < -0.39 is 0 Å². The molecule has 1 N–H and O–H groups in total. The molecule has 1 unspecified atom stereocenters. The third-order valence-corrected chi connectivity index (χ3v) is 3.21. The maximum Gasteiger partial charge on any atom is 0.0934 e. The van der Waals surface area contributed by atoms with Crippen LogP contribution in [0, 0.1) is 0 Å². The van der Waals surface area contributed by atoms with Crippen LogP contribution in [-0.4, -0.2) is 12.1 Å². The highest BCUT2D eigenvalue weighted by Gasteiger charge is 2.16. The van der Waals surface area contributed by atoms with Crippen LogP contribution in [0.2, 0.25) is 0 Å². The Morgan fingerprint density at radius 2 is 1.84 bits per heavy atom. The molecule has 2 rings (SSSR count). The summed E-state index contributed by atoms with van der Waals surface area (Å²) < 4.78 is 5.18. The van der Waals surface area contributed by atoms with Crippen LogP contribution in [0.25, 0.3) is 0 Å². The molecule has 19 heavy (non-hydrogen) atoms. The van der Waals surface area contributed by atoms with Crippen molar-refractivity contribution in [1.29, 1.82) is 0 Å². The zero-order chi connectivity index (χ0) is 13.7. The molecule has 102 valence electrons. The lowest BCUT2D eigenvalue weighted by Gasteiger charge is -2.25. The predicted molar refractivity (Wildman–Crippen MR) is 79.4 cm³/mol. The fourth-order valence-electron chi connectivity index (χ4n) is 2.16. The summed E-state index contributed by atoms with van der Waals surface area (Å²) in [7, 11) is 0. The third kappa shape index (κ3) is 4.56. The van der Waals surface area contributed by atoms with E-state index in [9.17, 15) is 0 Å². The zero-order valence-electron chi connectivity index (χ0n) is 12.0. The van der Waals surface area contributed by atoms with Gasteiger partial charge in [-0.1, -0.05) is 30.3 Å². The molecule has 0 aliphatic carbocycles. The Balaban J connectivity index is 2.09. The molecule has 1 heterocycles. The fourth-order valence-corrected chi connectivity index (χ4v) is 2.16. The summed E-state index contributed by atoms with van der Waals surface area (Å²) in [6.45, 7) is 7.57. The highest BCUT2D eigenvalue weighted by Crippen LogP contribution is 2.21. The molecule has 1 atom stereocenters. The van der Waals surface area contributed by atoms with E-state index in [0.717, 1.165) is 13.0 Å². The molecule has 1 aromatic heterocycles. The van der Waals surface area contributed by atoms with E-state index in [1.54, 1.807) is 6.26 Å². The van der Waals surface area contributed by atoms with Gasteiger partial charge >= 0.3 is 0 Å². The van der Waals surface area contributed by atoms with Crippen molar-refractivity contribution in [3.8, 4) is 0 Å². The largest absolute Gasteiger partial charge is 0.472 e. The third-order valence-electron chi connectivity index (χ3n) is 3.21.